The molecule has 5 amide bonds. The molecule has 2 atom stereocenters. The van der Waals surface area contributed by atoms with E-state index in [1.165, 1.54) is 11.8 Å². The molecule has 0 saturated carbocycles. The minimum Gasteiger partial charge on any atom is -0.378 e. The first-order valence-corrected chi connectivity index (χ1v) is 19.1. The molecule has 0 spiro atoms. The van der Waals surface area contributed by atoms with E-state index >= 15 is 0 Å². The number of morpholine rings is 2. The standard InChI is InChI=1S/C7H14N2O.C7H11NO2.C6H11NO2.C6H11NO.C4H9NO.4C2H6.2CH4/c1-7(10)9-5-3-8(2)4-6-9;1-5(9)8-3-7-2-6(8)4-10-7;1-6(8)7-2-4-9-5-3-7;1-6(2,3)7-4-5(7)8;1-4(6)5(2)3;4*1-2;;/h3-6H2,1-2H3;6-7H,2-4H2,1H3;2-5H2,1H3;4H2,1-3H3;1-3H3;4*1-2H3;2*1H4. The summed E-state index contributed by atoms with van der Waals surface area (Å²) < 4.78 is 10.4. The van der Waals surface area contributed by atoms with Crippen LogP contribution in [0.5, 0.6) is 0 Å². The number of carbonyl (C=O) groups is 5. The Morgan fingerprint density at radius 1 is 0.698 bits per heavy atom. The minimum absolute atomic E-state index is 0. The van der Waals surface area contributed by atoms with Crippen molar-refractivity contribution in [1.29, 1.82) is 0 Å². The maximum atomic E-state index is 10.9. The van der Waals surface area contributed by atoms with Gasteiger partial charge in [0.2, 0.25) is 29.5 Å². The Balaban J connectivity index is -0.000000124. The molecule has 5 aliphatic heterocycles. The number of piperazine rings is 1. The van der Waals surface area contributed by atoms with Crippen molar-refractivity contribution in [1.82, 2.24) is 29.4 Å². The number of rotatable bonds is 0. The van der Waals surface area contributed by atoms with E-state index in [0.717, 1.165) is 58.8 Å². The second-order valence-electron chi connectivity index (χ2n) is 12.5. The first-order valence-electron chi connectivity index (χ1n) is 19.1. The molecular formula is C40H88N6O7. The van der Waals surface area contributed by atoms with Crippen molar-refractivity contribution < 1.29 is 33.4 Å². The maximum Gasteiger partial charge on any atom is 0.243 e. The highest BCUT2D eigenvalue weighted by atomic mass is 16.5. The van der Waals surface area contributed by atoms with Crippen LogP contribution in [-0.4, -0.2) is 170 Å². The molecule has 5 fully saturated rings. The van der Waals surface area contributed by atoms with Crippen LogP contribution in [-0.2, 0) is 33.4 Å². The fraction of sp³-hybridized carbons (Fsp3) is 0.875. The van der Waals surface area contributed by atoms with Gasteiger partial charge in [0.25, 0.3) is 0 Å². The molecule has 13 nitrogen and oxygen atoms in total. The summed E-state index contributed by atoms with van der Waals surface area (Å²) in [6.45, 7) is 37.4. The summed E-state index contributed by atoms with van der Waals surface area (Å²) >= 11 is 0. The fourth-order valence-electron chi connectivity index (χ4n) is 4.50. The Labute approximate surface area is 328 Å². The van der Waals surface area contributed by atoms with Gasteiger partial charge in [-0.05, 0) is 34.2 Å². The average molecular weight is 765 g/mol. The lowest BCUT2D eigenvalue weighted by molar-refractivity contribution is -0.133. The molecule has 13 heteroatoms. The molecule has 320 valence electrons. The molecule has 5 rings (SSSR count). The molecule has 5 aliphatic rings. The van der Waals surface area contributed by atoms with Gasteiger partial charge < -0.3 is 38.9 Å². The Bertz CT molecular complexity index is 929. The van der Waals surface area contributed by atoms with E-state index in [4.69, 9.17) is 9.47 Å². The van der Waals surface area contributed by atoms with Gasteiger partial charge in [0, 0.05) is 93.1 Å². The molecule has 5 heterocycles. The quantitative estimate of drug-likeness (QED) is 0.286. The van der Waals surface area contributed by atoms with Crippen LogP contribution in [0.1, 0.15) is 125 Å². The van der Waals surface area contributed by atoms with Crippen LogP contribution in [0.2, 0.25) is 0 Å². The van der Waals surface area contributed by atoms with Crippen LogP contribution in [0.15, 0.2) is 0 Å². The number of likely N-dealkylation sites (tertiary alicyclic amines) is 1. The van der Waals surface area contributed by atoms with Gasteiger partial charge in [0.05, 0.1) is 32.0 Å². The summed E-state index contributed by atoms with van der Waals surface area (Å²) in [5, 5.41) is 0. The Hall–Kier alpha value is -2.77. The number of hydrogen-bond donors (Lipinski definition) is 0. The smallest absolute Gasteiger partial charge is 0.243 e. The van der Waals surface area contributed by atoms with Crippen LogP contribution >= 0.6 is 0 Å². The van der Waals surface area contributed by atoms with Gasteiger partial charge in [0.15, 0.2) is 0 Å². The van der Waals surface area contributed by atoms with Gasteiger partial charge in [-0.3, -0.25) is 24.0 Å². The summed E-state index contributed by atoms with van der Waals surface area (Å²) in [6.07, 6.45) is 1.40. The Kier molecular flexibility index (Phi) is 42.5. The van der Waals surface area contributed by atoms with Gasteiger partial charge in [-0.2, -0.15) is 0 Å². The van der Waals surface area contributed by atoms with Crippen molar-refractivity contribution in [3.63, 3.8) is 0 Å². The highest BCUT2D eigenvalue weighted by Gasteiger charge is 2.40. The van der Waals surface area contributed by atoms with Crippen molar-refractivity contribution in [2.75, 3.05) is 93.3 Å². The lowest BCUT2D eigenvalue weighted by Gasteiger charge is -2.31. The number of likely N-dealkylation sites (N-methyl/N-ethyl adjacent to an activating group) is 1. The summed E-state index contributed by atoms with van der Waals surface area (Å²) in [5.41, 5.74) is 0.0666. The normalized spacial score (nSPS) is 18.6. The van der Waals surface area contributed by atoms with Gasteiger partial charge in [-0.25, -0.2) is 0 Å². The average Bonchev–Trinajstić information content (AvgIpc) is 3.51. The molecule has 5 saturated heterocycles. The molecule has 0 N–H and O–H groups in total. The molecule has 53 heavy (non-hydrogen) atoms. The highest BCUT2D eigenvalue weighted by Crippen LogP contribution is 2.27. The third-order valence-corrected chi connectivity index (χ3v) is 7.64. The van der Waals surface area contributed by atoms with Crippen molar-refractivity contribution in [2.24, 2.45) is 0 Å². The first kappa shape index (κ1) is 62.2. The second kappa shape index (κ2) is 36.2. The third-order valence-electron chi connectivity index (χ3n) is 7.64. The predicted molar refractivity (Wildman–Crippen MR) is 223 cm³/mol. The molecule has 0 aromatic rings. The summed E-state index contributed by atoms with van der Waals surface area (Å²) in [6, 6.07) is 0.391. The lowest BCUT2D eigenvalue weighted by Crippen LogP contribution is -2.46. The molecule has 0 aliphatic carbocycles. The zero-order valence-electron chi connectivity index (χ0n) is 36.2. The fourth-order valence-corrected chi connectivity index (χ4v) is 4.50. The second-order valence-corrected chi connectivity index (χ2v) is 12.5. The third kappa shape index (κ3) is 30.3. The molecule has 2 bridgehead atoms. The van der Waals surface area contributed by atoms with Crippen LogP contribution in [0.25, 0.3) is 0 Å². The first-order chi connectivity index (χ1) is 23.9. The van der Waals surface area contributed by atoms with Gasteiger partial charge in [-0.15, -0.1) is 0 Å². The maximum absolute atomic E-state index is 10.9. The highest BCUT2D eigenvalue weighted by molar-refractivity contribution is 5.93. The van der Waals surface area contributed by atoms with Gasteiger partial charge in [-0.1, -0.05) is 70.2 Å². The Morgan fingerprint density at radius 2 is 1.08 bits per heavy atom. The number of amides is 5. The van der Waals surface area contributed by atoms with Crippen LogP contribution in [0.4, 0.5) is 0 Å². The van der Waals surface area contributed by atoms with E-state index in [1.54, 1.807) is 39.8 Å². The van der Waals surface area contributed by atoms with Crippen molar-refractivity contribution in [3.8, 4) is 0 Å². The van der Waals surface area contributed by atoms with E-state index in [-0.39, 0.29) is 49.9 Å². The number of carbonyl (C=O) groups excluding carboxylic acids is 5. The van der Waals surface area contributed by atoms with Crippen molar-refractivity contribution in [2.45, 2.75) is 143 Å². The molecule has 0 aromatic carbocycles. The largest absolute Gasteiger partial charge is 0.378 e. The zero-order chi connectivity index (χ0) is 40.9. The minimum atomic E-state index is 0. The molecule has 0 aromatic heterocycles. The topological polar surface area (TPSA) is 123 Å². The predicted octanol–water partition coefficient (Wildman–Crippen LogP) is 5.75. The SMILES string of the molecule is C.C.CC.CC.CC.CC.CC(=O)N(C)C.CC(=O)N1CC2CC1CO2.CC(=O)N1CCN(C)CC1.CC(=O)N1CCOCC1.CC(C)(C)N1CC1=O. The number of hydrogen-bond acceptors (Lipinski definition) is 8. The van der Waals surface area contributed by atoms with E-state index < -0.39 is 0 Å². The lowest BCUT2D eigenvalue weighted by atomic mass is 10.1. The van der Waals surface area contributed by atoms with E-state index in [0.29, 0.717) is 31.9 Å². The Morgan fingerprint density at radius 3 is 1.26 bits per heavy atom. The molecular weight excluding hydrogens is 676 g/mol. The molecule has 2 unspecified atom stereocenters. The van der Waals surface area contributed by atoms with Crippen molar-refractivity contribution in [3.05, 3.63) is 0 Å². The van der Waals surface area contributed by atoms with Gasteiger partial charge in [0.1, 0.15) is 6.54 Å². The molecule has 0 radical (unpaired) electrons. The zero-order valence-corrected chi connectivity index (χ0v) is 36.2. The van der Waals surface area contributed by atoms with E-state index in [9.17, 15) is 24.0 Å². The van der Waals surface area contributed by atoms with Gasteiger partial charge >= 0.3 is 0 Å². The monoisotopic (exact) mass is 765 g/mol. The number of ether oxygens (including phenoxy) is 2. The van der Waals surface area contributed by atoms with Crippen LogP contribution in [0, 0.1) is 0 Å². The summed E-state index contributed by atoms with van der Waals surface area (Å²) in [7, 11) is 5.53. The number of fused-ring (bicyclic) bond motifs is 2. The van der Waals surface area contributed by atoms with Crippen LogP contribution < -0.4 is 0 Å². The van der Waals surface area contributed by atoms with Crippen molar-refractivity contribution >= 4 is 29.5 Å². The summed E-state index contributed by atoms with van der Waals surface area (Å²) in [4.78, 5) is 64.1. The van der Waals surface area contributed by atoms with E-state index in [2.05, 4.69) is 11.9 Å². The van der Waals surface area contributed by atoms with Crippen LogP contribution in [0.3, 0.4) is 0 Å². The number of nitrogens with zero attached hydrogens (tertiary/aromatic N) is 6. The van der Waals surface area contributed by atoms with E-state index in [1.807, 2.05) is 90.9 Å². The summed E-state index contributed by atoms with van der Waals surface area (Å²) in [5.74, 6) is 0.912.